The number of hydrogen-bond acceptors (Lipinski definition) is 6. The second-order valence-corrected chi connectivity index (χ2v) is 8.88. The van der Waals surface area contributed by atoms with Crippen molar-refractivity contribution in [1.82, 2.24) is 20.2 Å². The molecule has 3 aliphatic heterocycles. The number of hydrogen-bond donors (Lipinski definition) is 1. The van der Waals surface area contributed by atoms with Gasteiger partial charge >= 0.3 is 6.09 Å². The Morgan fingerprint density at radius 2 is 2.20 bits per heavy atom. The Morgan fingerprint density at radius 1 is 1.40 bits per heavy atom. The summed E-state index contributed by atoms with van der Waals surface area (Å²) >= 11 is 0. The third kappa shape index (κ3) is 4.35. The molecule has 166 valence electrons. The van der Waals surface area contributed by atoms with Gasteiger partial charge in [-0.25, -0.2) is 13.6 Å². The largest absolute Gasteiger partial charge is 0.442 e. The van der Waals surface area contributed by atoms with Crippen molar-refractivity contribution in [3.05, 3.63) is 22.5 Å². The summed E-state index contributed by atoms with van der Waals surface area (Å²) in [6.45, 7) is 7.26. The molecule has 1 aromatic rings. The maximum absolute atomic E-state index is 12.8. The predicted octanol–water partition coefficient (Wildman–Crippen LogP) is 2.72. The molecule has 0 radical (unpaired) electrons. The second kappa shape index (κ2) is 8.24. The molecule has 0 aromatic carbocycles. The lowest BCUT2D eigenvalue weighted by Gasteiger charge is -2.25. The average Bonchev–Trinajstić information content (AvgIpc) is 3.16. The van der Waals surface area contributed by atoms with Gasteiger partial charge in [-0.1, -0.05) is 0 Å². The Labute approximate surface area is 174 Å². The minimum Gasteiger partial charge on any atom is -0.442 e. The number of aromatic nitrogens is 2. The molecule has 4 heterocycles. The number of hydroxylamine groups is 2. The van der Waals surface area contributed by atoms with Crippen molar-refractivity contribution in [2.45, 2.75) is 58.7 Å². The Balaban J connectivity index is 1.68. The zero-order chi connectivity index (χ0) is 21.5. The molecule has 1 N–H and O–H groups in total. The van der Waals surface area contributed by atoms with Crippen molar-refractivity contribution in [2.75, 3.05) is 26.4 Å². The molecule has 0 aliphatic carbocycles. The van der Waals surface area contributed by atoms with Crippen LogP contribution < -0.4 is 5.32 Å². The fourth-order valence-corrected chi connectivity index (χ4v) is 4.13. The summed E-state index contributed by atoms with van der Waals surface area (Å²) in [6.07, 6.45) is -1.71. The first-order chi connectivity index (χ1) is 14.2. The molecule has 30 heavy (non-hydrogen) atoms. The summed E-state index contributed by atoms with van der Waals surface area (Å²) in [6, 6.07) is 0. The topological polar surface area (TPSA) is 77.8 Å². The highest BCUT2D eigenvalue weighted by Crippen LogP contribution is 2.40. The molecule has 0 spiro atoms. The van der Waals surface area contributed by atoms with Gasteiger partial charge in [0.15, 0.2) is 0 Å². The normalized spacial score (nSPS) is 21.4. The number of fused-ring (bicyclic) bond motifs is 4. The molecule has 0 saturated carbocycles. The number of carbonyl (C=O) groups is 1. The van der Waals surface area contributed by atoms with E-state index in [0.717, 1.165) is 35.5 Å². The Kier molecular flexibility index (Phi) is 5.82. The van der Waals surface area contributed by atoms with Gasteiger partial charge in [-0.15, -0.1) is 0 Å². The fourth-order valence-electron chi connectivity index (χ4n) is 4.13. The molecule has 10 heteroatoms. The van der Waals surface area contributed by atoms with Crippen LogP contribution in [0, 0.1) is 5.92 Å². The maximum atomic E-state index is 12.8. The molecular weight excluding hydrogens is 398 g/mol. The van der Waals surface area contributed by atoms with Gasteiger partial charge in [0, 0.05) is 37.5 Å². The first-order valence-electron chi connectivity index (χ1n) is 10.3. The highest BCUT2D eigenvalue weighted by atomic mass is 19.3. The van der Waals surface area contributed by atoms with Gasteiger partial charge in [-0.2, -0.15) is 10.2 Å². The third-order valence-corrected chi connectivity index (χ3v) is 5.23. The molecule has 0 saturated heterocycles. The number of halogens is 2. The number of ether oxygens (including phenoxy) is 2. The van der Waals surface area contributed by atoms with Crippen molar-refractivity contribution >= 4 is 11.8 Å². The minimum atomic E-state index is -2.50. The van der Waals surface area contributed by atoms with Gasteiger partial charge in [0.25, 0.3) is 6.43 Å². The molecule has 0 unspecified atom stereocenters. The fraction of sp³-hybridized carbons (Fsp3) is 0.700. The van der Waals surface area contributed by atoms with E-state index in [2.05, 4.69) is 5.32 Å². The number of alkyl halides is 2. The first kappa shape index (κ1) is 21.2. The van der Waals surface area contributed by atoms with Crippen LogP contribution in [0.4, 0.5) is 13.6 Å². The van der Waals surface area contributed by atoms with Gasteiger partial charge in [-0.05, 0) is 32.8 Å². The molecule has 3 aliphatic rings. The lowest BCUT2D eigenvalue weighted by molar-refractivity contribution is -0.0874. The number of carbonyl (C=O) groups excluding carboxylic acids is 1. The van der Waals surface area contributed by atoms with Crippen LogP contribution in [0.5, 0.6) is 0 Å². The smallest absolute Gasteiger partial charge is 0.439 e. The van der Waals surface area contributed by atoms with E-state index in [1.165, 1.54) is 5.06 Å². The van der Waals surface area contributed by atoms with Crippen LogP contribution in [0.2, 0.25) is 0 Å². The Bertz CT molecular complexity index is 847. The van der Waals surface area contributed by atoms with Crippen LogP contribution in [0.25, 0.3) is 5.70 Å². The summed E-state index contributed by atoms with van der Waals surface area (Å²) in [7, 11) is 0. The van der Waals surface area contributed by atoms with Crippen LogP contribution in [0.3, 0.4) is 0 Å². The van der Waals surface area contributed by atoms with Crippen LogP contribution in [-0.2, 0) is 33.8 Å². The van der Waals surface area contributed by atoms with E-state index in [-0.39, 0.29) is 19.1 Å². The highest BCUT2D eigenvalue weighted by Gasteiger charge is 2.40. The molecular formula is C20H28F2N4O4. The quantitative estimate of drug-likeness (QED) is 0.798. The summed E-state index contributed by atoms with van der Waals surface area (Å²) in [5.74, 6) is -0.0495. The summed E-state index contributed by atoms with van der Waals surface area (Å²) < 4.78 is 37.7. The van der Waals surface area contributed by atoms with Crippen molar-refractivity contribution in [3.63, 3.8) is 0 Å². The van der Waals surface area contributed by atoms with E-state index in [0.29, 0.717) is 25.2 Å². The second-order valence-electron chi connectivity index (χ2n) is 8.88. The molecule has 8 nitrogen and oxygen atoms in total. The Morgan fingerprint density at radius 3 is 2.93 bits per heavy atom. The monoisotopic (exact) mass is 426 g/mol. The Hall–Kier alpha value is -2.04. The number of nitrogens with one attached hydrogen (secondary N) is 1. The molecule has 4 rings (SSSR count). The highest BCUT2D eigenvalue weighted by molar-refractivity contribution is 5.84. The number of rotatable bonds is 4. The lowest BCUT2D eigenvalue weighted by Crippen LogP contribution is -2.34. The zero-order valence-corrected chi connectivity index (χ0v) is 17.5. The number of nitrogens with zero attached hydrogens (tertiary/aromatic N) is 3. The van der Waals surface area contributed by atoms with Gasteiger partial charge in [0.1, 0.15) is 17.9 Å². The molecule has 0 bridgehead atoms. The van der Waals surface area contributed by atoms with E-state index < -0.39 is 24.7 Å². The van der Waals surface area contributed by atoms with Crippen molar-refractivity contribution < 1.29 is 27.9 Å². The van der Waals surface area contributed by atoms with E-state index in [1.807, 2.05) is 4.68 Å². The van der Waals surface area contributed by atoms with E-state index in [1.54, 1.807) is 20.8 Å². The molecule has 1 aromatic heterocycles. The van der Waals surface area contributed by atoms with Gasteiger partial charge in [0.05, 0.1) is 24.6 Å². The predicted molar refractivity (Wildman–Crippen MR) is 104 cm³/mol. The van der Waals surface area contributed by atoms with Crippen LogP contribution >= 0.6 is 0 Å². The summed E-state index contributed by atoms with van der Waals surface area (Å²) in [4.78, 5) is 18.6. The average molecular weight is 426 g/mol. The van der Waals surface area contributed by atoms with Crippen LogP contribution in [0.1, 0.15) is 44.1 Å². The molecule has 1 atom stereocenters. The molecule has 1 amide bonds. The van der Waals surface area contributed by atoms with E-state index in [4.69, 9.17) is 19.4 Å². The minimum absolute atomic E-state index is 0.0495. The van der Waals surface area contributed by atoms with Crippen molar-refractivity contribution in [1.29, 1.82) is 0 Å². The van der Waals surface area contributed by atoms with Gasteiger partial charge < -0.3 is 14.8 Å². The van der Waals surface area contributed by atoms with Crippen molar-refractivity contribution in [3.8, 4) is 0 Å². The van der Waals surface area contributed by atoms with Gasteiger partial charge in [-0.3, -0.25) is 9.52 Å². The summed E-state index contributed by atoms with van der Waals surface area (Å²) in [5.41, 5.74) is 3.80. The van der Waals surface area contributed by atoms with E-state index >= 15 is 0 Å². The first-order valence-corrected chi connectivity index (χ1v) is 10.3. The SMILES string of the molecule is CC(C)(C)OC(=O)N1OCC2=C1c1c3c(nn1C[C@@H](COCC(F)F)C2)CCNC3. The number of amides is 1. The third-order valence-electron chi connectivity index (χ3n) is 5.23. The van der Waals surface area contributed by atoms with Crippen molar-refractivity contribution in [2.24, 2.45) is 5.92 Å². The van der Waals surface area contributed by atoms with Gasteiger partial charge in [0.2, 0.25) is 0 Å². The standard InChI is InChI=1S/C20H28F2N4O4/c1-20(2,3)30-19(27)26-17-13(10-29-26)6-12(9-28-11-16(21)22)8-25-18(17)14-7-23-5-4-15(14)24-25/h12,16,23H,4-11H2,1-3H3/t12-/m0/s1. The zero-order valence-electron chi connectivity index (χ0n) is 17.5. The maximum Gasteiger partial charge on any atom is 0.439 e. The van der Waals surface area contributed by atoms with E-state index in [9.17, 15) is 13.6 Å². The van der Waals surface area contributed by atoms with Crippen LogP contribution in [-0.4, -0.2) is 59.3 Å². The van der Waals surface area contributed by atoms with Crippen LogP contribution in [0.15, 0.2) is 5.57 Å². The summed E-state index contributed by atoms with van der Waals surface area (Å²) in [5, 5.41) is 9.36. The lowest BCUT2D eigenvalue weighted by atomic mass is 9.98. The molecule has 0 fully saturated rings.